The molecule has 11 nitrogen and oxygen atoms in total. The van der Waals surface area contributed by atoms with Crippen LogP contribution in [-0.2, 0) is 30.4 Å². The molecule has 1 aromatic carbocycles. The molecule has 0 spiro atoms. The van der Waals surface area contributed by atoms with Crippen molar-refractivity contribution in [3.8, 4) is 0 Å². The predicted octanol–water partition coefficient (Wildman–Crippen LogP) is -1.09. The summed E-state index contributed by atoms with van der Waals surface area (Å²) in [7, 11) is 0. The Morgan fingerprint density at radius 3 is 2.03 bits per heavy atom. The van der Waals surface area contributed by atoms with Crippen molar-refractivity contribution in [3.05, 3.63) is 35.9 Å². The van der Waals surface area contributed by atoms with Crippen LogP contribution in [0.3, 0.4) is 0 Å². The highest BCUT2D eigenvalue weighted by Crippen LogP contribution is 2.05. The molecule has 0 radical (unpaired) electrons. The zero-order valence-corrected chi connectivity index (χ0v) is 18.4. The number of carboxylic acid groups (broad SMARTS) is 2. The topological polar surface area (TPSA) is 188 Å². The number of nitrogens with one attached hydrogen (secondary N) is 3. The first kappa shape index (κ1) is 26.9. The van der Waals surface area contributed by atoms with Crippen LogP contribution in [0, 0.1) is 0 Å². The van der Waals surface area contributed by atoms with Crippen molar-refractivity contribution in [1.29, 1.82) is 0 Å². The molecule has 4 atom stereocenters. The summed E-state index contributed by atoms with van der Waals surface area (Å²) in [6.07, 6.45) is -0.452. The molecule has 1 rings (SSSR count). The Kier molecular flexibility index (Phi) is 11.2. The van der Waals surface area contributed by atoms with Gasteiger partial charge in [0.2, 0.25) is 17.7 Å². The van der Waals surface area contributed by atoms with Crippen molar-refractivity contribution in [2.45, 2.75) is 50.4 Å². The second kappa shape index (κ2) is 13.3. The van der Waals surface area contributed by atoms with Gasteiger partial charge in [-0.05, 0) is 25.3 Å². The monoisotopic (exact) mass is 468 g/mol. The summed E-state index contributed by atoms with van der Waals surface area (Å²) in [4.78, 5) is 59.2. The number of hydrogen-bond acceptors (Lipinski definition) is 7. The highest BCUT2D eigenvalue weighted by atomic mass is 32.1. The van der Waals surface area contributed by atoms with Gasteiger partial charge in [-0.3, -0.25) is 24.0 Å². The van der Waals surface area contributed by atoms with Crippen molar-refractivity contribution < 1.29 is 34.2 Å². The highest BCUT2D eigenvalue weighted by Gasteiger charge is 2.29. The molecule has 0 heterocycles. The summed E-state index contributed by atoms with van der Waals surface area (Å²) in [5.74, 6) is -4.86. The van der Waals surface area contributed by atoms with E-state index in [9.17, 15) is 24.0 Å². The van der Waals surface area contributed by atoms with E-state index in [-0.39, 0.29) is 18.6 Å². The van der Waals surface area contributed by atoms with Gasteiger partial charge in [-0.15, -0.1) is 0 Å². The molecule has 32 heavy (non-hydrogen) atoms. The Morgan fingerprint density at radius 2 is 1.50 bits per heavy atom. The summed E-state index contributed by atoms with van der Waals surface area (Å²) in [5.41, 5.74) is 6.73. The van der Waals surface area contributed by atoms with E-state index in [4.69, 9.17) is 15.9 Å². The molecule has 0 saturated carbocycles. The van der Waals surface area contributed by atoms with Crippen LogP contribution in [0.15, 0.2) is 30.3 Å². The number of carbonyl (C=O) groups is 5. The Morgan fingerprint density at radius 1 is 0.938 bits per heavy atom. The van der Waals surface area contributed by atoms with Gasteiger partial charge in [-0.25, -0.2) is 0 Å². The van der Waals surface area contributed by atoms with Gasteiger partial charge in [0, 0.05) is 12.2 Å². The number of rotatable bonds is 13. The van der Waals surface area contributed by atoms with Crippen molar-refractivity contribution in [1.82, 2.24) is 16.0 Å². The molecule has 4 unspecified atom stereocenters. The zero-order chi connectivity index (χ0) is 24.3. The van der Waals surface area contributed by atoms with Crippen molar-refractivity contribution >= 4 is 42.3 Å². The third-order valence-electron chi connectivity index (χ3n) is 4.46. The van der Waals surface area contributed by atoms with Gasteiger partial charge in [0.15, 0.2) is 0 Å². The number of carboxylic acids is 2. The van der Waals surface area contributed by atoms with Crippen molar-refractivity contribution in [3.63, 3.8) is 0 Å². The van der Waals surface area contributed by atoms with Crippen LogP contribution in [0.2, 0.25) is 0 Å². The van der Waals surface area contributed by atoms with E-state index in [1.807, 2.05) is 6.07 Å². The molecule has 12 heteroatoms. The van der Waals surface area contributed by atoms with Gasteiger partial charge >= 0.3 is 11.9 Å². The lowest BCUT2D eigenvalue weighted by Crippen LogP contribution is -2.57. The van der Waals surface area contributed by atoms with E-state index in [1.54, 1.807) is 24.3 Å². The van der Waals surface area contributed by atoms with Crippen LogP contribution >= 0.6 is 12.6 Å². The number of aliphatic carboxylic acids is 2. The van der Waals surface area contributed by atoms with E-state index in [2.05, 4.69) is 28.6 Å². The van der Waals surface area contributed by atoms with Crippen LogP contribution in [0.25, 0.3) is 0 Å². The SMILES string of the molecule is CC(NC(=O)C(CS)NC(=O)C(CCC(=O)O)NC(=O)C(N)Cc1ccccc1)C(=O)O. The summed E-state index contributed by atoms with van der Waals surface area (Å²) >= 11 is 3.99. The number of hydrogen-bond donors (Lipinski definition) is 7. The molecule has 176 valence electrons. The van der Waals surface area contributed by atoms with Crippen LogP contribution in [0.5, 0.6) is 0 Å². The standard InChI is InChI=1S/C20H28N4O7S/c1-11(20(30)31)22-19(29)15(10-32)24-18(28)14(7-8-16(25)26)23-17(27)13(21)9-12-5-3-2-4-6-12/h2-6,11,13-15,32H,7-10,21H2,1H3,(H,22,29)(H,23,27)(H,24,28)(H,25,26)(H,30,31). The molecule has 0 aromatic heterocycles. The summed E-state index contributed by atoms with van der Waals surface area (Å²) in [6.45, 7) is 1.25. The minimum atomic E-state index is -1.27. The second-order valence-electron chi connectivity index (χ2n) is 7.10. The molecular weight excluding hydrogens is 440 g/mol. The van der Waals surface area contributed by atoms with Crippen LogP contribution in [0.4, 0.5) is 0 Å². The minimum absolute atomic E-state index is 0.156. The largest absolute Gasteiger partial charge is 0.481 e. The van der Waals surface area contributed by atoms with Crippen LogP contribution < -0.4 is 21.7 Å². The quantitative estimate of drug-likeness (QED) is 0.178. The Bertz CT molecular complexity index is 821. The van der Waals surface area contributed by atoms with Gasteiger partial charge in [0.1, 0.15) is 18.1 Å². The molecule has 7 N–H and O–H groups in total. The van der Waals surface area contributed by atoms with E-state index in [1.165, 1.54) is 6.92 Å². The number of amides is 3. The van der Waals surface area contributed by atoms with E-state index in [0.29, 0.717) is 0 Å². The molecule has 0 fully saturated rings. The van der Waals surface area contributed by atoms with Crippen LogP contribution in [-0.4, -0.2) is 69.8 Å². The first-order valence-corrected chi connectivity index (χ1v) is 10.4. The van der Waals surface area contributed by atoms with Gasteiger partial charge in [-0.2, -0.15) is 12.6 Å². The van der Waals surface area contributed by atoms with E-state index >= 15 is 0 Å². The number of thiol groups is 1. The lowest BCUT2D eigenvalue weighted by atomic mass is 10.0. The number of nitrogens with two attached hydrogens (primary N) is 1. The first-order valence-electron chi connectivity index (χ1n) is 9.81. The normalized spacial score (nSPS) is 14.3. The second-order valence-corrected chi connectivity index (χ2v) is 7.47. The van der Waals surface area contributed by atoms with Crippen molar-refractivity contribution in [2.75, 3.05) is 5.75 Å². The molecule has 0 aliphatic rings. The summed E-state index contributed by atoms with van der Waals surface area (Å²) < 4.78 is 0. The Hall–Kier alpha value is -3.12. The van der Waals surface area contributed by atoms with Crippen molar-refractivity contribution in [2.24, 2.45) is 5.73 Å². The van der Waals surface area contributed by atoms with Gasteiger partial charge < -0.3 is 31.9 Å². The molecule has 1 aromatic rings. The first-order chi connectivity index (χ1) is 15.0. The van der Waals surface area contributed by atoms with Gasteiger partial charge in [0.25, 0.3) is 0 Å². The minimum Gasteiger partial charge on any atom is -0.481 e. The maximum atomic E-state index is 12.7. The fourth-order valence-corrected chi connectivity index (χ4v) is 2.88. The molecule has 0 aliphatic heterocycles. The fraction of sp³-hybridized carbons (Fsp3) is 0.450. The number of carbonyl (C=O) groups excluding carboxylic acids is 3. The predicted molar refractivity (Wildman–Crippen MR) is 118 cm³/mol. The average Bonchev–Trinajstić information content (AvgIpc) is 2.74. The number of benzene rings is 1. The van der Waals surface area contributed by atoms with Crippen LogP contribution in [0.1, 0.15) is 25.3 Å². The van der Waals surface area contributed by atoms with Gasteiger partial charge in [-0.1, -0.05) is 30.3 Å². The zero-order valence-electron chi connectivity index (χ0n) is 17.5. The molecule has 3 amide bonds. The Balaban J connectivity index is 2.83. The Labute approximate surface area is 190 Å². The fourth-order valence-electron chi connectivity index (χ4n) is 2.62. The highest BCUT2D eigenvalue weighted by molar-refractivity contribution is 7.80. The molecular formula is C20H28N4O7S. The van der Waals surface area contributed by atoms with E-state index in [0.717, 1.165) is 5.56 Å². The molecule has 0 aliphatic carbocycles. The van der Waals surface area contributed by atoms with E-state index < -0.39 is 60.2 Å². The summed E-state index contributed by atoms with van der Waals surface area (Å²) in [6, 6.07) is 4.31. The maximum Gasteiger partial charge on any atom is 0.325 e. The molecule has 0 bridgehead atoms. The molecule has 0 saturated heterocycles. The third kappa shape index (κ3) is 9.35. The summed E-state index contributed by atoms with van der Waals surface area (Å²) in [5, 5.41) is 24.8. The van der Waals surface area contributed by atoms with Gasteiger partial charge in [0.05, 0.1) is 6.04 Å². The maximum absolute atomic E-state index is 12.7. The average molecular weight is 469 g/mol. The smallest absolute Gasteiger partial charge is 0.325 e. The third-order valence-corrected chi connectivity index (χ3v) is 4.82. The lowest BCUT2D eigenvalue weighted by molar-refractivity contribution is -0.141. The lowest BCUT2D eigenvalue weighted by Gasteiger charge is -2.23.